The van der Waals surface area contributed by atoms with E-state index in [2.05, 4.69) is 146 Å². The summed E-state index contributed by atoms with van der Waals surface area (Å²) in [7, 11) is 0. The van der Waals surface area contributed by atoms with E-state index in [1.165, 1.54) is 22.3 Å². The normalized spacial score (nSPS) is 14.2. The SMILES string of the molecule is C1=CCCC(c2nc(-c3ccc(-c4ccccc4)cc3)cc(-c3ccc4ccc5c(C6=CCCC=C6)cc(-c6ccccc6)nc5c4n3)n2)=C1. The van der Waals surface area contributed by atoms with Gasteiger partial charge in [-0.3, -0.25) is 0 Å². The van der Waals surface area contributed by atoms with Gasteiger partial charge >= 0.3 is 0 Å². The smallest absolute Gasteiger partial charge is 0.156 e. The molecule has 0 spiro atoms. The second-order valence-corrected chi connectivity index (χ2v) is 12.9. The summed E-state index contributed by atoms with van der Waals surface area (Å²) in [6.07, 6.45) is 17.3. The van der Waals surface area contributed by atoms with Gasteiger partial charge in [-0.2, -0.15) is 0 Å². The molecule has 0 fully saturated rings. The third-order valence-electron chi connectivity index (χ3n) is 9.59. The van der Waals surface area contributed by atoms with Crippen molar-refractivity contribution in [2.24, 2.45) is 0 Å². The molecule has 0 N–H and O–H groups in total. The minimum atomic E-state index is 0.747. The van der Waals surface area contributed by atoms with Gasteiger partial charge in [0.05, 0.1) is 33.8 Å². The zero-order chi connectivity index (χ0) is 33.3. The summed E-state index contributed by atoms with van der Waals surface area (Å²) >= 11 is 0. The Bertz CT molecular complexity index is 2510. The minimum Gasteiger partial charge on any atom is -0.245 e. The van der Waals surface area contributed by atoms with Crippen molar-refractivity contribution < 1.29 is 0 Å². The van der Waals surface area contributed by atoms with Crippen molar-refractivity contribution >= 4 is 33.0 Å². The summed E-state index contributed by atoms with van der Waals surface area (Å²) in [6.45, 7) is 0. The molecule has 0 saturated heterocycles. The van der Waals surface area contributed by atoms with Crippen LogP contribution in [0.5, 0.6) is 0 Å². The Labute approximate surface area is 292 Å². The Morgan fingerprint density at radius 3 is 1.92 bits per heavy atom. The van der Waals surface area contributed by atoms with Gasteiger partial charge in [0.2, 0.25) is 0 Å². The summed E-state index contributed by atoms with van der Waals surface area (Å²) < 4.78 is 0. The highest BCUT2D eigenvalue weighted by Crippen LogP contribution is 2.36. The van der Waals surface area contributed by atoms with Crippen molar-refractivity contribution in [2.75, 3.05) is 0 Å². The van der Waals surface area contributed by atoms with Crippen LogP contribution in [0.15, 0.2) is 158 Å². The molecule has 3 aromatic heterocycles. The Hall–Kier alpha value is -6.26. The van der Waals surface area contributed by atoms with Gasteiger partial charge in [0.1, 0.15) is 0 Å². The molecule has 0 bridgehead atoms. The van der Waals surface area contributed by atoms with Gasteiger partial charge in [-0.05, 0) is 71.7 Å². The van der Waals surface area contributed by atoms with Gasteiger partial charge in [0.15, 0.2) is 5.82 Å². The number of benzene rings is 4. The molecular formula is C46H34N4. The molecule has 0 aliphatic heterocycles. The Balaban J connectivity index is 1.22. The summed E-state index contributed by atoms with van der Waals surface area (Å²) in [5.74, 6) is 0.747. The van der Waals surface area contributed by atoms with Crippen molar-refractivity contribution in [3.8, 4) is 45.0 Å². The average molecular weight is 643 g/mol. The molecule has 0 amide bonds. The fraction of sp³-hybridized carbons (Fsp3) is 0.0870. The third-order valence-corrected chi connectivity index (χ3v) is 9.59. The van der Waals surface area contributed by atoms with E-state index in [-0.39, 0.29) is 0 Å². The van der Waals surface area contributed by atoms with Crippen LogP contribution in [0.1, 0.15) is 37.1 Å². The van der Waals surface area contributed by atoms with E-state index in [0.717, 1.165) is 92.8 Å². The van der Waals surface area contributed by atoms with Gasteiger partial charge in [-0.15, -0.1) is 0 Å². The zero-order valence-corrected chi connectivity index (χ0v) is 27.6. The molecule has 50 heavy (non-hydrogen) atoms. The highest BCUT2D eigenvalue weighted by atomic mass is 14.9. The lowest BCUT2D eigenvalue weighted by atomic mass is 9.94. The molecule has 9 rings (SSSR count). The molecule has 238 valence electrons. The van der Waals surface area contributed by atoms with E-state index in [4.69, 9.17) is 19.9 Å². The van der Waals surface area contributed by atoms with E-state index >= 15 is 0 Å². The zero-order valence-electron chi connectivity index (χ0n) is 27.6. The lowest BCUT2D eigenvalue weighted by Crippen LogP contribution is -2.01. The first kappa shape index (κ1) is 29.8. The number of rotatable bonds is 6. The number of aromatic nitrogens is 4. The standard InChI is InChI=1S/C46H34N4/c1-5-13-31(14-6-1)32-21-23-35(24-22-32)42-30-43(50-46(49-42)37-19-11-4-12-20-37)40-28-26-36-25-27-38-39(33-15-7-2-8-16-33)29-41(34-17-9-3-10-18-34)48-45(38)44(36)47-40/h1,3-7,9-11,13-19,21-30H,2,8,12,20H2. The fourth-order valence-corrected chi connectivity index (χ4v) is 6.95. The number of allylic oxidation sites excluding steroid dienone is 8. The van der Waals surface area contributed by atoms with Crippen LogP contribution in [-0.4, -0.2) is 19.9 Å². The second kappa shape index (κ2) is 13.0. The minimum absolute atomic E-state index is 0.747. The van der Waals surface area contributed by atoms with Crippen molar-refractivity contribution in [2.45, 2.75) is 25.7 Å². The molecule has 4 nitrogen and oxygen atoms in total. The molecule has 4 aromatic carbocycles. The van der Waals surface area contributed by atoms with Gasteiger partial charge in [0.25, 0.3) is 0 Å². The average Bonchev–Trinajstić information content (AvgIpc) is 3.21. The van der Waals surface area contributed by atoms with Gasteiger partial charge in [-0.1, -0.05) is 140 Å². The van der Waals surface area contributed by atoms with E-state index in [9.17, 15) is 0 Å². The van der Waals surface area contributed by atoms with E-state index in [1.807, 2.05) is 12.1 Å². The molecule has 7 aromatic rings. The number of pyridine rings is 2. The van der Waals surface area contributed by atoms with E-state index in [0.29, 0.717) is 0 Å². The topological polar surface area (TPSA) is 51.6 Å². The maximum atomic E-state index is 5.35. The highest BCUT2D eigenvalue weighted by Gasteiger charge is 2.17. The first-order chi connectivity index (χ1) is 24.8. The van der Waals surface area contributed by atoms with Crippen LogP contribution in [0, 0.1) is 0 Å². The highest BCUT2D eigenvalue weighted by molar-refractivity contribution is 6.08. The van der Waals surface area contributed by atoms with Gasteiger partial charge < -0.3 is 0 Å². The predicted molar refractivity (Wildman–Crippen MR) is 207 cm³/mol. The third kappa shape index (κ3) is 5.75. The molecular weight excluding hydrogens is 609 g/mol. The lowest BCUT2D eigenvalue weighted by Gasteiger charge is -2.15. The second-order valence-electron chi connectivity index (χ2n) is 12.9. The molecule has 3 heterocycles. The quantitative estimate of drug-likeness (QED) is 0.169. The number of hydrogen-bond acceptors (Lipinski definition) is 4. The van der Waals surface area contributed by atoms with Gasteiger partial charge in [-0.25, -0.2) is 19.9 Å². The first-order valence-corrected chi connectivity index (χ1v) is 17.4. The molecule has 4 heteroatoms. The van der Waals surface area contributed by atoms with Crippen molar-refractivity contribution in [3.05, 3.63) is 169 Å². The van der Waals surface area contributed by atoms with Crippen LogP contribution in [0.3, 0.4) is 0 Å². The Morgan fingerprint density at radius 2 is 1.16 bits per heavy atom. The van der Waals surface area contributed by atoms with E-state index in [1.54, 1.807) is 0 Å². The first-order valence-electron chi connectivity index (χ1n) is 17.4. The molecule has 0 atom stereocenters. The largest absolute Gasteiger partial charge is 0.245 e. The molecule has 2 aliphatic rings. The van der Waals surface area contributed by atoms with Crippen LogP contribution in [0.2, 0.25) is 0 Å². The van der Waals surface area contributed by atoms with Crippen LogP contribution in [-0.2, 0) is 0 Å². The van der Waals surface area contributed by atoms with Crippen LogP contribution < -0.4 is 0 Å². The molecule has 2 aliphatic carbocycles. The van der Waals surface area contributed by atoms with Gasteiger partial charge in [0, 0.05) is 21.9 Å². The summed E-state index contributed by atoms with van der Waals surface area (Å²) in [4.78, 5) is 20.9. The summed E-state index contributed by atoms with van der Waals surface area (Å²) in [5, 5.41) is 2.14. The van der Waals surface area contributed by atoms with Crippen molar-refractivity contribution in [3.63, 3.8) is 0 Å². The number of nitrogens with zero attached hydrogens (tertiary/aromatic N) is 4. The summed E-state index contributed by atoms with van der Waals surface area (Å²) in [6, 6.07) is 42.4. The summed E-state index contributed by atoms with van der Waals surface area (Å²) in [5.41, 5.74) is 13.2. The fourth-order valence-electron chi connectivity index (χ4n) is 6.95. The molecule has 0 unspecified atom stereocenters. The maximum Gasteiger partial charge on any atom is 0.156 e. The van der Waals surface area contributed by atoms with Crippen LogP contribution >= 0.6 is 0 Å². The van der Waals surface area contributed by atoms with Crippen LogP contribution in [0.25, 0.3) is 78.0 Å². The van der Waals surface area contributed by atoms with Crippen molar-refractivity contribution in [1.82, 2.24) is 19.9 Å². The van der Waals surface area contributed by atoms with E-state index < -0.39 is 0 Å². The number of fused-ring (bicyclic) bond motifs is 3. The Morgan fingerprint density at radius 1 is 0.480 bits per heavy atom. The molecule has 0 saturated carbocycles. The predicted octanol–water partition coefficient (Wildman–Crippen LogP) is 11.7. The monoisotopic (exact) mass is 642 g/mol. The number of hydrogen-bond donors (Lipinski definition) is 0. The van der Waals surface area contributed by atoms with Crippen LogP contribution in [0.4, 0.5) is 0 Å². The van der Waals surface area contributed by atoms with Crippen molar-refractivity contribution in [1.29, 1.82) is 0 Å². The maximum absolute atomic E-state index is 5.35. The Kier molecular flexibility index (Phi) is 7.75. The molecule has 0 radical (unpaired) electrons. The lowest BCUT2D eigenvalue weighted by molar-refractivity contribution is 1.01.